The van der Waals surface area contributed by atoms with Crippen molar-refractivity contribution in [3.8, 4) is 0 Å². The monoisotopic (exact) mass is 255 g/mol. The minimum Gasteiger partial charge on any atom is -0.383 e. The lowest BCUT2D eigenvalue weighted by molar-refractivity contribution is -0.119. The van der Waals surface area contributed by atoms with Crippen molar-refractivity contribution >= 4 is 28.3 Å². The molecule has 1 aliphatic rings. The van der Waals surface area contributed by atoms with Crippen LogP contribution < -0.4 is 16.8 Å². The van der Waals surface area contributed by atoms with Crippen LogP contribution in [0.25, 0.3) is 0 Å². The molecule has 5 N–H and O–H groups in total. The normalized spacial score (nSPS) is 18.1. The van der Waals surface area contributed by atoms with Crippen LogP contribution in [0.5, 0.6) is 0 Å². The fourth-order valence-corrected chi connectivity index (χ4v) is 2.66. The summed E-state index contributed by atoms with van der Waals surface area (Å²) in [7, 11) is 0. The van der Waals surface area contributed by atoms with E-state index in [9.17, 15) is 4.79 Å². The van der Waals surface area contributed by atoms with Gasteiger partial charge in [-0.2, -0.15) is 4.37 Å². The number of rotatable bonds is 4. The highest BCUT2D eigenvalue weighted by Crippen LogP contribution is 2.21. The van der Waals surface area contributed by atoms with E-state index < -0.39 is 0 Å². The van der Waals surface area contributed by atoms with E-state index in [1.807, 2.05) is 6.07 Å². The second-order valence-electron chi connectivity index (χ2n) is 4.28. The van der Waals surface area contributed by atoms with E-state index in [2.05, 4.69) is 14.6 Å². The maximum atomic E-state index is 10.8. The van der Waals surface area contributed by atoms with E-state index in [4.69, 9.17) is 11.5 Å². The van der Waals surface area contributed by atoms with Gasteiger partial charge in [0.2, 0.25) is 5.91 Å². The van der Waals surface area contributed by atoms with Crippen LogP contribution in [0, 0.1) is 0 Å². The predicted octanol–water partition coefficient (Wildman–Crippen LogP) is 0.0869. The predicted molar refractivity (Wildman–Crippen MR) is 68.8 cm³/mol. The molecule has 0 unspecified atom stereocenters. The van der Waals surface area contributed by atoms with Crippen molar-refractivity contribution in [2.75, 3.05) is 30.7 Å². The molecule has 2 rings (SSSR count). The third-order valence-electron chi connectivity index (χ3n) is 2.84. The molecule has 7 heteroatoms. The molecule has 1 saturated heterocycles. The van der Waals surface area contributed by atoms with Crippen LogP contribution in [0.4, 0.5) is 10.8 Å². The Labute approximate surface area is 104 Å². The molecule has 2 heterocycles. The first-order valence-corrected chi connectivity index (χ1v) is 6.40. The van der Waals surface area contributed by atoms with Crippen molar-refractivity contribution < 1.29 is 4.79 Å². The summed E-state index contributed by atoms with van der Waals surface area (Å²) >= 11 is 1.38. The summed E-state index contributed by atoms with van der Waals surface area (Å²) in [5.74, 6) is 0.301. The molecule has 0 bridgehead atoms. The van der Waals surface area contributed by atoms with Crippen LogP contribution >= 0.6 is 11.5 Å². The smallest absolute Gasteiger partial charge is 0.231 e. The minimum absolute atomic E-state index is 0.258. The molecule has 1 fully saturated rings. The number of nitrogen functional groups attached to an aromatic ring is 1. The second-order valence-corrected chi connectivity index (χ2v) is 5.08. The maximum Gasteiger partial charge on any atom is 0.231 e. The molecular formula is C10H17N5OS. The van der Waals surface area contributed by atoms with Gasteiger partial charge in [0.25, 0.3) is 0 Å². The van der Waals surface area contributed by atoms with Crippen molar-refractivity contribution in [2.24, 2.45) is 5.73 Å². The van der Waals surface area contributed by atoms with Gasteiger partial charge < -0.3 is 16.8 Å². The van der Waals surface area contributed by atoms with E-state index in [1.54, 1.807) is 0 Å². The van der Waals surface area contributed by atoms with Crippen molar-refractivity contribution in [2.45, 2.75) is 18.9 Å². The molecule has 0 aliphatic carbocycles. The number of hydrogen-bond donors (Lipinski definition) is 3. The summed E-state index contributed by atoms with van der Waals surface area (Å²) in [5.41, 5.74) is 10.7. The van der Waals surface area contributed by atoms with Gasteiger partial charge in [-0.05, 0) is 24.4 Å². The Morgan fingerprint density at radius 1 is 1.59 bits per heavy atom. The average molecular weight is 255 g/mol. The lowest BCUT2D eigenvalue weighted by Crippen LogP contribution is -2.42. The lowest BCUT2D eigenvalue weighted by Gasteiger charge is -2.31. The van der Waals surface area contributed by atoms with E-state index in [1.165, 1.54) is 11.5 Å². The number of nitrogens with zero attached hydrogens (tertiary/aromatic N) is 2. The number of hydrogen-bond acceptors (Lipinski definition) is 6. The van der Waals surface area contributed by atoms with Gasteiger partial charge in [-0.1, -0.05) is 0 Å². The van der Waals surface area contributed by atoms with Gasteiger partial charge >= 0.3 is 0 Å². The Hall–Kier alpha value is -1.34. The van der Waals surface area contributed by atoms with Gasteiger partial charge in [0, 0.05) is 25.2 Å². The summed E-state index contributed by atoms with van der Waals surface area (Å²) < 4.78 is 4.02. The topological polar surface area (TPSA) is 97.3 Å². The van der Waals surface area contributed by atoms with Gasteiger partial charge in [-0.3, -0.25) is 9.69 Å². The zero-order valence-corrected chi connectivity index (χ0v) is 10.4. The van der Waals surface area contributed by atoms with E-state index in [0.29, 0.717) is 18.4 Å². The first-order chi connectivity index (χ1) is 8.13. The highest BCUT2D eigenvalue weighted by atomic mass is 32.1. The second kappa shape index (κ2) is 5.33. The van der Waals surface area contributed by atoms with E-state index >= 15 is 0 Å². The zero-order chi connectivity index (χ0) is 12.3. The van der Waals surface area contributed by atoms with E-state index in [0.717, 1.165) is 30.9 Å². The number of likely N-dealkylation sites (tertiary alicyclic amines) is 1. The molecule has 1 aromatic heterocycles. The van der Waals surface area contributed by atoms with Gasteiger partial charge in [-0.15, -0.1) is 0 Å². The molecule has 1 aliphatic heterocycles. The number of carbonyl (C=O) groups excluding carboxylic acids is 1. The fraction of sp³-hybridized carbons (Fsp3) is 0.600. The molecule has 94 valence electrons. The first kappa shape index (κ1) is 12.1. The number of aromatic nitrogens is 1. The largest absolute Gasteiger partial charge is 0.383 e. The third-order valence-corrected chi connectivity index (χ3v) is 3.58. The Morgan fingerprint density at radius 3 is 2.82 bits per heavy atom. The van der Waals surface area contributed by atoms with Crippen LogP contribution in [0.15, 0.2) is 6.07 Å². The first-order valence-electron chi connectivity index (χ1n) is 5.63. The number of amides is 1. The zero-order valence-electron chi connectivity index (χ0n) is 9.56. The number of anilines is 2. The molecule has 6 nitrogen and oxygen atoms in total. The quantitative estimate of drug-likeness (QED) is 0.708. The van der Waals surface area contributed by atoms with Crippen LogP contribution in [-0.2, 0) is 4.79 Å². The molecule has 0 radical (unpaired) electrons. The van der Waals surface area contributed by atoms with Crippen LogP contribution in [0.2, 0.25) is 0 Å². The number of piperidine rings is 1. The van der Waals surface area contributed by atoms with Gasteiger partial charge in [0.1, 0.15) is 10.8 Å². The van der Waals surface area contributed by atoms with Crippen LogP contribution in [0.1, 0.15) is 12.8 Å². The minimum atomic E-state index is -0.258. The van der Waals surface area contributed by atoms with Gasteiger partial charge in [0.15, 0.2) is 0 Å². The number of carbonyl (C=O) groups is 1. The molecule has 0 aromatic carbocycles. The fourth-order valence-electron chi connectivity index (χ4n) is 2.01. The molecule has 1 amide bonds. The summed E-state index contributed by atoms with van der Waals surface area (Å²) in [5, 5.41) is 4.42. The van der Waals surface area contributed by atoms with Crippen molar-refractivity contribution in [1.82, 2.24) is 9.27 Å². The molecule has 0 spiro atoms. The molecule has 0 atom stereocenters. The third kappa shape index (κ3) is 3.57. The highest BCUT2D eigenvalue weighted by Gasteiger charge is 2.20. The highest BCUT2D eigenvalue weighted by molar-refractivity contribution is 7.10. The van der Waals surface area contributed by atoms with Gasteiger partial charge in [0.05, 0.1) is 6.54 Å². The lowest BCUT2D eigenvalue weighted by atomic mass is 10.1. The summed E-state index contributed by atoms with van der Waals surface area (Å²) in [6.45, 7) is 2.16. The number of nitrogens with two attached hydrogens (primary N) is 2. The molecule has 17 heavy (non-hydrogen) atoms. The van der Waals surface area contributed by atoms with E-state index in [-0.39, 0.29) is 5.91 Å². The Morgan fingerprint density at radius 2 is 2.29 bits per heavy atom. The molecule has 1 aromatic rings. The average Bonchev–Trinajstić information content (AvgIpc) is 2.66. The number of nitrogens with one attached hydrogen (secondary N) is 1. The standard InChI is InChI=1S/C10H17N5OS/c11-8-5-10(17-14-8)13-7-1-3-15(4-2-7)6-9(12)16/h5,7,13H,1-4,6H2,(H2,11,14)(H2,12,16). The Bertz CT molecular complexity index is 386. The molecular weight excluding hydrogens is 238 g/mol. The summed E-state index contributed by atoms with van der Waals surface area (Å²) in [4.78, 5) is 12.9. The maximum absolute atomic E-state index is 10.8. The van der Waals surface area contributed by atoms with Crippen LogP contribution in [-0.4, -0.2) is 40.9 Å². The van der Waals surface area contributed by atoms with Crippen molar-refractivity contribution in [1.29, 1.82) is 0 Å². The Kier molecular flexibility index (Phi) is 3.80. The van der Waals surface area contributed by atoms with Crippen molar-refractivity contribution in [3.63, 3.8) is 0 Å². The number of primary amides is 1. The van der Waals surface area contributed by atoms with Crippen LogP contribution in [0.3, 0.4) is 0 Å². The molecule has 0 saturated carbocycles. The van der Waals surface area contributed by atoms with Gasteiger partial charge in [-0.25, -0.2) is 0 Å². The Balaban J connectivity index is 1.77. The van der Waals surface area contributed by atoms with Crippen molar-refractivity contribution in [3.05, 3.63) is 6.07 Å². The summed E-state index contributed by atoms with van der Waals surface area (Å²) in [6, 6.07) is 2.28. The SMILES string of the molecule is NC(=O)CN1CCC(Nc2cc(N)ns2)CC1. The summed E-state index contributed by atoms with van der Waals surface area (Å²) in [6.07, 6.45) is 2.01.